The van der Waals surface area contributed by atoms with Crippen molar-refractivity contribution in [1.82, 2.24) is 10.2 Å². The van der Waals surface area contributed by atoms with E-state index in [4.69, 9.17) is 0 Å². The minimum atomic E-state index is -0.399. The number of carbonyl (C=O) groups is 3. The van der Waals surface area contributed by atoms with E-state index in [1.54, 1.807) is 11.0 Å². The van der Waals surface area contributed by atoms with Crippen LogP contribution < -0.4 is 10.6 Å². The van der Waals surface area contributed by atoms with Gasteiger partial charge in [0.15, 0.2) is 0 Å². The number of benzene rings is 2. The third-order valence-electron chi connectivity index (χ3n) is 4.45. The molecule has 2 aromatic rings. The van der Waals surface area contributed by atoms with Crippen LogP contribution in [0.2, 0.25) is 0 Å². The van der Waals surface area contributed by atoms with Gasteiger partial charge in [-0.15, -0.1) is 0 Å². The Morgan fingerprint density at radius 1 is 1.03 bits per heavy atom. The van der Waals surface area contributed by atoms with E-state index in [0.717, 1.165) is 5.56 Å². The molecule has 6 nitrogen and oxygen atoms in total. The standard InChI is InChI=1S/C22H26FN3O3/c1-3-26(16(2)27)15-18-7-4-5-8-20(18)25-21(28)9-6-14-24-22(29)17-10-12-19(23)13-11-17/h4-5,7-8,10-13H,3,6,9,14-15H2,1-2H3,(H,24,29)(H,25,28). The zero-order valence-electron chi connectivity index (χ0n) is 16.7. The molecule has 0 fully saturated rings. The van der Waals surface area contributed by atoms with Gasteiger partial charge in [-0.1, -0.05) is 18.2 Å². The summed E-state index contributed by atoms with van der Waals surface area (Å²) in [5.74, 6) is -0.895. The lowest BCUT2D eigenvalue weighted by atomic mass is 10.1. The minimum Gasteiger partial charge on any atom is -0.352 e. The summed E-state index contributed by atoms with van der Waals surface area (Å²) in [5, 5.41) is 5.58. The fourth-order valence-corrected chi connectivity index (χ4v) is 2.80. The quantitative estimate of drug-likeness (QED) is 0.635. The van der Waals surface area contributed by atoms with E-state index in [9.17, 15) is 18.8 Å². The molecule has 0 heterocycles. The van der Waals surface area contributed by atoms with Crippen LogP contribution in [0.1, 0.15) is 42.6 Å². The van der Waals surface area contributed by atoms with Crippen LogP contribution in [-0.4, -0.2) is 35.7 Å². The fourth-order valence-electron chi connectivity index (χ4n) is 2.80. The number of anilines is 1. The van der Waals surface area contributed by atoms with Gasteiger partial charge in [0, 0.05) is 44.2 Å². The molecule has 0 aromatic heterocycles. The Balaban J connectivity index is 1.81. The maximum Gasteiger partial charge on any atom is 0.251 e. The van der Waals surface area contributed by atoms with Crippen LogP contribution in [0.3, 0.4) is 0 Å². The number of amides is 3. The molecule has 0 aliphatic carbocycles. The topological polar surface area (TPSA) is 78.5 Å². The van der Waals surface area contributed by atoms with Crippen LogP contribution >= 0.6 is 0 Å². The third kappa shape index (κ3) is 7.03. The molecule has 2 aromatic carbocycles. The summed E-state index contributed by atoms with van der Waals surface area (Å²) in [5.41, 5.74) is 1.91. The van der Waals surface area contributed by atoms with Gasteiger partial charge in [0.05, 0.1) is 0 Å². The van der Waals surface area contributed by atoms with E-state index in [-0.39, 0.29) is 24.1 Å². The molecule has 29 heavy (non-hydrogen) atoms. The maximum absolute atomic E-state index is 12.9. The predicted molar refractivity (Wildman–Crippen MR) is 110 cm³/mol. The van der Waals surface area contributed by atoms with E-state index in [1.165, 1.54) is 31.2 Å². The lowest BCUT2D eigenvalue weighted by molar-refractivity contribution is -0.129. The van der Waals surface area contributed by atoms with Crippen molar-refractivity contribution in [2.75, 3.05) is 18.4 Å². The molecule has 2 N–H and O–H groups in total. The molecule has 154 valence electrons. The van der Waals surface area contributed by atoms with E-state index < -0.39 is 5.82 Å². The van der Waals surface area contributed by atoms with Gasteiger partial charge in [-0.25, -0.2) is 4.39 Å². The van der Waals surface area contributed by atoms with Crippen molar-refractivity contribution >= 4 is 23.4 Å². The summed E-state index contributed by atoms with van der Waals surface area (Å²) in [4.78, 5) is 37.6. The summed E-state index contributed by atoms with van der Waals surface area (Å²) in [7, 11) is 0. The molecular weight excluding hydrogens is 373 g/mol. The van der Waals surface area contributed by atoms with Crippen LogP contribution in [0, 0.1) is 5.82 Å². The third-order valence-corrected chi connectivity index (χ3v) is 4.45. The Labute approximate surface area is 170 Å². The van der Waals surface area contributed by atoms with Gasteiger partial charge in [0.1, 0.15) is 5.82 Å². The van der Waals surface area contributed by atoms with Gasteiger partial charge in [0.25, 0.3) is 5.91 Å². The number of para-hydroxylation sites is 1. The van der Waals surface area contributed by atoms with E-state index in [1.807, 2.05) is 25.1 Å². The number of halogens is 1. The Morgan fingerprint density at radius 3 is 2.38 bits per heavy atom. The van der Waals surface area contributed by atoms with Crippen LogP contribution in [0.25, 0.3) is 0 Å². The molecule has 0 saturated carbocycles. The van der Waals surface area contributed by atoms with Crippen molar-refractivity contribution in [3.8, 4) is 0 Å². The van der Waals surface area contributed by atoms with E-state index >= 15 is 0 Å². The molecule has 3 amide bonds. The average molecular weight is 399 g/mol. The van der Waals surface area contributed by atoms with Crippen molar-refractivity contribution in [3.63, 3.8) is 0 Å². The molecule has 7 heteroatoms. The number of rotatable bonds is 9. The Kier molecular flexibility index (Phi) is 8.33. The van der Waals surface area contributed by atoms with E-state index in [0.29, 0.717) is 37.3 Å². The number of carbonyl (C=O) groups excluding carboxylic acids is 3. The second-order valence-electron chi connectivity index (χ2n) is 6.60. The van der Waals surface area contributed by atoms with Gasteiger partial charge in [-0.2, -0.15) is 0 Å². The molecule has 0 bridgehead atoms. The van der Waals surface area contributed by atoms with Gasteiger partial charge in [-0.3, -0.25) is 14.4 Å². The van der Waals surface area contributed by atoms with Crippen molar-refractivity contribution in [2.24, 2.45) is 0 Å². The van der Waals surface area contributed by atoms with Crippen molar-refractivity contribution < 1.29 is 18.8 Å². The number of nitrogens with one attached hydrogen (secondary N) is 2. The second-order valence-corrected chi connectivity index (χ2v) is 6.60. The molecule has 2 rings (SSSR count). The monoisotopic (exact) mass is 399 g/mol. The van der Waals surface area contributed by atoms with Crippen LogP contribution in [0.4, 0.5) is 10.1 Å². The summed E-state index contributed by atoms with van der Waals surface area (Å²) in [6, 6.07) is 12.7. The van der Waals surface area contributed by atoms with E-state index in [2.05, 4.69) is 10.6 Å². The van der Waals surface area contributed by atoms with Crippen molar-refractivity contribution in [2.45, 2.75) is 33.2 Å². The lowest BCUT2D eigenvalue weighted by Crippen LogP contribution is -2.28. The van der Waals surface area contributed by atoms with Gasteiger partial charge in [-0.05, 0) is 49.2 Å². The lowest BCUT2D eigenvalue weighted by Gasteiger charge is -2.21. The number of hydrogen-bond acceptors (Lipinski definition) is 3. The molecular formula is C22H26FN3O3. The highest BCUT2D eigenvalue weighted by molar-refractivity contribution is 5.94. The molecule has 0 saturated heterocycles. The Hall–Kier alpha value is -3.22. The first-order chi connectivity index (χ1) is 13.9. The molecule has 0 aliphatic heterocycles. The molecule has 0 radical (unpaired) electrons. The first-order valence-corrected chi connectivity index (χ1v) is 9.57. The largest absolute Gasteiger partial charge is 0.352 e. The first-order valence-electron chi connectivity index (χ1n) is 9.57. The summed E-state index contributed by atoms with van der Waals surface area (Å²) in [6.07, 6.45) is 0.706. The number of hydrogen-bond donors (Lipinski definition) is 2. The van der Waals surface area contributed by atoms with Gasteiger partial charge in [0.2, 0.25) is 11.8 Å². The number of nitrogens with zero attached hydrogens (tertiary/aromatic N) is 1. The van der Waals surface area contributed by atoms with Crippen LogP contribution in [-0.2, 0) is 16.1 Å². The highest BCUT2D eigenvalue weighted by Gasteiger charge is 2.12. The highest BCUT2D eigenvalue weighted by Crippen LogP contribution is 2.18. The van der Waals surface area contributed by atoms with Gasteiger partial charge >= 0.3 is 0 Å². The Morgan fingerprint density at radius 2 is 1.72 bits per heavy atom. The van der Waals surface area contributed by atoms with Crippen LogP contribution in [0.5, 0.6) is 0 Å². The summed E-state index contributed by atoms with van der Waals surface area (Å²) >= 11 is 0. The molecule has 0 atom stereocenters. The Bertz CT molecular complexity index is 853. The normalized spacial score (nSPS) is 10.3. The maximum atomic E-state index is 12.9. The highest BCUT2D eigenvalue weighted by atomic mass is 19.1. The molecule has 0 aliphatic rings. The smallest absolute Gasteiger partial charge is 0.251 e. The SMILES string of the molecule is CCN(Cc1ccccc1NC(=O)CCCNC(=O)c1ccc(F)cc1)C(C)=O. The zero-order valence-corrected chi connectivity index (χ0v) is 16.7. The molecule has 0 spiro atoms. The average Bonchev–Trinajstić information content (AvgIpc) is 2.70. The minimum absolute atomic E-state index is 0.0227. The summed E-state index contributed by atoms with van der Waals surface area (Å²) in [6.45, 7) is 4.77. The summed E-state index contributed by atoms with van der Waals surface area (Å²) < 4.78 is 12.9. The zero-order chi connectivity index (χ0) is 21.2. The van der Waals surface area contributed by atoms with Crippen LogP contribution in [0.15, 0.2) is 48.5 Å². The van der Waals surface area contributed by atoms with Gasteiger partial charge < -0.3 is 15.5 Å². The van der Waals surface area contributed by atoms with Crippen molar-refractivity contribution in [1.29, 1.82) is 0 Å². The second kappa shape index (κ2) is 10.9. The first kappa shape index (κ1) is 22.1. The molecule has 0 unspecified atom stereocenters. The predicted octanol–water partition coefficient (Wildman–Crippen LogP) is 3.34. The fraction of sp³-hybridized carbons (Fsp3) is 0.318. The van der Waals surface area contributed by atoms with Crippen molar-refractivity contribution in [3.05, 3.63) is 65.5 Å².